The smallest absolute Gasteiger partial charge is 0.240 e. The minimum Gasteiger partial charge on any atom is -0.312 e. The highest BCUT2D eigenvalue weighted by atomic mass is 32.2. The second kappa shape index (κ2) is 9.77. The van der Waals surface area contributed by atoms with Crippen molar-refractivity contribution in [2.24, 2.45) is 5.92 Å². The summed E-state index contributed by atoms with van der Waals surface area (Å²) in [6.07, 6.45) is 0.468. The normalized spacial score (nSPS) is 16.2. The lowest BCUT2D eigenvalue weighted by atomic mass is 10.1. The van der Waals surface area contributed by atoms with Gasteiger partial charge in [0.05, 0.1) is 10.8 Å². The third-order valence-corrected chi connectivity index (χ3v) is 7.60. The third kappa shape index (κ3) is 5.62. The molecule has 1 atom stereocenters. The molecule has 1 aliphatic heterocycles. The molecule has 0 bridgehead atoms. The topological polar surface area (TPSA) is 121 Å². The Morgan fingerprint density at radius 3 is 2.58 bits per heavy atom. The quantitative estimate of drug-likeness (QED) is 0.505. The monoisotopic (exact) mass is 485 g/mol. The van der Waals surface area contributed by atoms with E-state index in [4.69, 9.17) is 0 Å². The fraction of sp³-hybridized carbons (Fsp3) is 0.273. The first-order valence-electron chi connectivity index (χ1n) is 10.4. The van der Waals surface area contributed by atoms with E-state index in [1.807, 2.05) is 37.3 Å². The molecule has 172 valence electrons. The van der Waals surface area contributed by atoms with Crippen molar-refractivity contribution >= 4 is 44.0 Å². The van der Waals surface area contributed by atoms with Gasteiger partial charge in [-0.2, -0.15) is 0 Å². The van der Waals surface area contributed by atoms with Crippen LogP contribution >= 0.6 is 11.3 Å². The largest absolute Gasteiger partial charge is 0.312 e. The number of hydrogen-bond donors (Lipinski definition) is 2. The van der Waals surface area contributed by atoms with Crippen molar-refractivity contribution in [2.45, 2.75) is 24.7 Å². The summed E-state index contributed by atoms with van der Waals surface area (Å²) in [6.45, 7) is 2.35. The van der Waals surface area contributed by atoms with Crippen LogP contribution < -0.4 is 14.9 Å². The number of para-hydroxylation sites is 1. The molecule has 33 heavy (non-hydrogen) atoms. The Balaban J connectivity index is 1.28. The Labute approximate surface area is 195 Å². The summed E-state index contributed by atoms with van der Waals surface area (Å²) in [4.78, 5) is 26.8. The maximum absolute atomic E-state index is 12.6. The average Bonchev–Trinajstić information content (AvgIpc) is 3.41. The first kappa shape index (κ1) is 23.0. The van der Waals surface area contributed by atoms with Crippen LogP contribution in [0.25, 0.3) is 0 Å². The summed E-state index contributed by atoms with van der Waals surface area (Å²) >= 11 is 1.18. The minimum absolute atomic E-state index is 0.0971. The van der Waals surface area contributed by atoms with Crippen LogP contribution in [-0.2, 0) is 26.0 Å². The van der Waals surface area contributed by atoms with Crippen LogP contribution in [0.2, 0.25) is 0 Å². The van der Waals surface area contributed by atoms with E-state index in [2.05, 4.69) is 20.2 Å². The van der Waals surface area contributed by atoms with Crippen LogP contribution in [0.3, 0.4) is 0 Å². The summed E-state index contributed by atoms with van der Waals surface area (Å²) in [7, 11) is -3.60. The van der Waals surface area contributed by atoms with Crippen molar-refractivity contribution in [3.05, 3.63) is 65.2 Å². The molecule has 2 heterocycles. The zero-order valence-electron chi connectivity index (χ0n) is 17.9. The van der Waals surface area contributed by atoms with Gasteiger partial charge in [-0.15, -0.1) is 10.2 Å². The zero-order valence-corrected chi connectivity index (χ0v) is 19.5. The van der Waals surface area contributed by atoms with Crippen LogP contribution in [-0.4, -0.2) is 43.5 Å². The Morgan fingerprint density at radius 2 is 1.85 bits per heavy atom. The summed E-state index contributed by atoms with van der Waals surface area (Å²) in [5.41, 5.74) is 1.75. The van der Waals surface area contributed by atoms with Crippen molar-refractivity contribution in [1.29, 1.82) is 0 Å². The number of sulfonamides is 1. The van der Waals surface area contributed by atoms with E-state index in [0.717, 1.165) is 11.3 Å². The molecule has 11 heteroatoms. The molecule has 1 aliphatic rings. The highest BCUT2D eigenvalue weighted by molar-refractivity contribution is 7.89. The lowest BCUT2D eigenvalue weighted by Gasteiger charge is -2.16. The fourth-order valence-corrected chi connectivity index (χ4v) is 5.22. The van der Waals surface area contributed by atoms with Crippen molar-refractivity contribution in [3.8, 4) is 0 Å². The Bertz CT molecular complexity index is 1240. The van der Waals surface area contributed by atoms with E-state index in [9.17, 15) is 18.0 Å². The van der Waals surface area contributed by atoms with Crippen LogP contribution in [0.15, 0.2) is 59.5 Å². The number of nitrogens with zero attached hydrogens (tertiary/aromatic N) is 3. The SMILES string of the molecule is Cc1ccc(S(=O)(=O)NCCc2nnc(NC(=O)C3CC(=O)N(c4ccccc4)C3)s2)cc1. The predicted octanol–water partition coefficient (Wildman–Crippen LogP) is 2.36. The molecule has 1 saturated heterocycles. The van der Waals surface area contributed by atoms with Gasteiger partial charge in [0.15, 0.2) is 0 Å². The highest BCUT2D eigenvalue weighted by Crippen LogP contribution is 2.26. The highest BCUT2D eigenvalue weighted by Gasteiger charge is 2.35. The van der Waals surface area contributed by atoms with Crippen LogP contribution in [0.1, 0.15) is 17.0 Å². The van der Waals surface area contributed by atoms with Gasteiger partial charge >= 0.3 is 0 Å². The number of aryl methyl sites for hydroxylation is 1. The predicted molar refractivity (Wildman–Crippen MR) is 126 cm³/mol. The van der Waals surface area contributed by atoms with Crippen molar-refractivity contribution in [1.82, 2.24) is 14.9 Å². The van der Waals surface area contributed by atoms with Gasteiger partial charge in [-0.25, -0.2) is 13.1 Å². The molecule has 4 rings (SSSR count). The first-order valence-corrected chi connectivity index (χ1v) is 12.7. The number of nitrogens with one attached hydrogen (secondary N) is 2. The molecule has 1 unspecified atom stereocenters. The van der Waals surface area contributed by atoms with E-state index in [1.165, 1.54) is 11.3 Å². The van der Waals surface area contributed by atoms with E-state index in [-0.39, 0.29) is 29.7 Å². The molecular weight excluding hydrogens is 462 g/mol. The van der Waals surface area contributed by atoms with Crippen molar-refractivity contribution in [2.75, 3.05) is 23.3 Å². The molecule has 1 aromatic heterocycles. The van der Waals surface area contributed by atoms with Crippen LogP contribution in [0.4, 0.5) is 10.8 Å². The van der Waals surface area contributed by atoms with Gasteiger partial charge in [-0.3, -0.25) is 9.59 Å². The molecule has 0 aliphatic carbocycles. The molecule has 2 N–H and O–H groups in total. The van der Waals surface area contributed by atoms with E-state index >= 15 is 0 Å². The van der Waals surface area contributed by atoms with E-state index in [1.54, 1.807) is 29.2 Å². The van der Waals surface area contributed by atoms with Gasteiger partial charge in [0, 0.05) is 31.6 Å². The number of rotatable bonds is 8. The zero-order chi connectivity index (χ0) is 23.4. The molecule has 0 radical (unpaired) electrons. The maximum Gasteiger partial charge on any atom is 0.240 e. The molecule has 2 amide bonds. The summed E-state index contributed by atoms with van der Waals surface area (Å²) < 4.78 is 27.3. The number of amides is 2. The van der Waals surface area contributed by atoms with Crippen molar-refractivity contribution in [3.63, 3.8) is 0 Å². The molecule has 1 fully saturated rings. The van der Waals surface area contributed by atoms with Gasteiger partial charge < -0.3 is 10.2 Å². The number of aromatic nitrogens is 2. The minimum atomic E-state index is -3.60. The van der Waals surface area contributed by atoms with E-state index in [0.29, 0.717) is 23.1 Å². The fourth-order valence-electron chi connectivity index (χ4n) is 3.45. The van der Waals surface area contributed by atoms with Gasteiger partial charge in [0.1, 0.15) is 5.01 Å². The second-order valence-electron chi connectivity index (χ2n) is 7.69. The molecule has 9 nitrogen and oxygen atoms in total. The lowest BCUT2D eigenvalue weighted by Crippen LogP contribution is -2.28. The second-order valence-corrected chi connectivity index (χ2v) is 10.5. The number of benzene rings is 2. The van der Waals surface area contributed by atoms with E-state index < -0.39 is 15.9 Å². The van der Waals surface area contributed by atoms with Crippen molar-refractivity contribution < 1.29 is 18.0 Å². The first-order chi connectivity index (χ1) is 15.8. The van der Waals surface area contributed by atoms with Crippen LogP contribution in [0.5, 0.6) is 0 Å². The molecular formula is C22H23N5O4S2. The molecule has 0 saturated carbocycles. The Morgan fingerprint density at radius 1 is 1.12 bits per heavy atom. The van der Waals surface area contributed by atoms with Crippen LogP contribution in [0, 0.1) is 12.8 Å². The summed E-state index contributed by atoms with van der Waals surface area (Å²) in [6, 6.07) is 15.8. The molecule has 3 aromatic rings. The third-order valence-electron chi connectivity index (χ3n) is 5.22. The maximum atomic E-state index is 12.6. The standard InChI is InChI=1S/C22H23N5O4S2/c1-15-7-9-18(10-8-15)33(30,31)23-12-11-19-25-26-22(32-19)24-21(29)16-13-20(28)27(14-16)17-5-3-2-4-6-17/h2-10,16,23H,11-14H2,1H3,(H,24,26,29). The molecule has 2 aromatic carbocycles. The van der Waals surface area contributed by atoms with Gasteiger partial charge in [-0.05, 0) is 31.2 Å². The summed E-state index contributed by atoms with van der Waals surface area (Å²) in [5.74, 6) is -0.865. The van der Waals surface area contributed by atoms with Gasteiger partial charge in [0.25, 0.3) is 0 Å². The lowest BCUT2D eigenvalue weighted by molar-refractivity contribution is -0.122. The Hall–Kier alpha value is -3.15. The number of hydrogen-bond acceptors (Lipinski definition) is 7. The summed E-state index contributed by atoms with van der Waals surface area (Å²) in [5, 5.41) is 11.6. The number of carbonyl (C=O) groups is 2. The Kier molecular flexibility index (Phi) is 6.82. The van der Waals surface area contributed by atoms with Gasteiger partial charge in [0.2, 0.25) is 27.0 Å². The molecule has 0 spiro atoms. The average molecular weight is 486 g/mol. The number of anilines is 2. The van der Waals surface area contributed by atoms with Gasteiger partial charge in [-0.1, -0.05) is 47.2 Å². The number of carbonyl (C=O) groups excluding carboxylic acids is 2.